The zero-order valence-electron chi connectivity index (χ0n) is 14.6. The van der Waals surface area contributed by atoms with E-state index in [4.69, 9.17) is 4.74 Å². The van der Waals surface area contributed by atoms with Crippen LogP contribution in [0.2, 0.25) is 0 Å². The lowest BCUT2D eigenvalue weighted by molar-refractivity contribution is -0.134. The number of likely N-dealkylation sites (tertiary alicyclic amines) is 1. The van der Waals surface area contributed by atoms with Gasteiger partial charge in [-0.3, -0.25) is 4.79 Å². The highest BCUT2D eigenvalue weighted by atomic mass is 32.2. The van der Waals surface area contributed by atoms with Crippen molar-refractivity contribution >= 4 is 15.9 Å². The van der Waals surface area contributed by atoms with Crippen LogP contribution in [-0.4, -0.2) is 55.8 Å². The molecule has 3 aliphatic rings. The number of ether oxygens (including phenoxy) is 1. The standard InChI is InChI=1S/C18H21N3O4S/c1-20-13-6-10-21(17(22)18(12-19)8-9-18)11-7-14(13)25-15-4-2-3-5-16(15)26(20,23)24/h2-5,13-14H,6-11H2,1H3/t13-,14-/m1/s1. The second kappa shape index (κ2) is 5.96. The minimum absolute atomic E-state index is 0.123. The van der Waals surface area contributed by atoms with Crippen LogP contribution in [-0.2, 0) is 14.8 Å². The Balaban J connectivity index is 1.62. The summed E-state index contributed by atoms with van der Waals surface area (Å²) < 4.78 is 33.4. The fourth-order valence-corrected chi connectivity index (χ4v) is 5.40. The molecule has 1 saturated carbocycles. The molecule has 7 nitrogen and oxygen atoms in total. The number of hydrogen-bond donors (Lipinski definition) is 0. The first-order valence-electron chi connectivity index (χ1n) is 8.83. The maximum absolute atomic E-state index is 12.9. The lowest BCUT2D eigenvalue weighted by atomic mass is 10.1. The maximum Gasteiger partial charge on any atom is 0.246 e. The summed E-state index contributed by atoms with van der Waals surface area (Å²) in [5.74, 6) is 0.240. The number of carbonyl (C=O) groups is 1. The molecule has 2 aliphatic heterocycles. The van der Waals surface area contributed by atoms with Gasteiger partial charge in [-0.25, -0.2) is 8.42 Å². The summed E-state index contributed by atoms with van der Waals surface area (Å²) in [5, 5.41) is 9.28. The van der Waals surface area contributed by atoms with Crippen LogP contribution >= 0.6 is 0 Å². The van der Waals surface area contributed by atoms with Crippen LogP contribution in [0.5, 0.6) is 5.75 Å². The Morgan fingerprint density at radius 1 is 1.27 bits per heavy atom. The normalized spacial score (nSPS) is 29.2. The fourth-order valence-electron chi connectivity index (χ4n) is 3.88. The maximum atomic E-state index is 12.9. The zero-order chi connectivity index (χ0) is 18.5. The fraction of sp³-hybridized carbons (Fsp3) is 0.556. The average Bonchev–Trinajstić information content (AvgIpc) is 3.45. The van der Waals surface area contributed by atoms with Crippen LogP contribution in [0.1, 0.15) is 25.7 Å². The van der Waals surface area contributed by atoms with Gasteiger partial charge in [-0.1, -0.05) is 12.1 Å². The first-order chi connectivity index (χ1) is 12.4. The van der Waals surface area contributed by atoms with Crippen molar-refractivity contribution in [1.82, 2.24) is 9.21 Å². The molecule has 8 heteroatoms. The number of rotatable bonds is 1. The van der Waals surface area contributed by atoms with Crippen molar-refractivity contribution in [3.05, 3.63) is 24.3 Å². The second-order valence-electron chi connectivity index (χ2n) is 7.26. The van der Waals surface area contributed by atoms with E-state index in [1.54, 1.807) is 36.2 Å². The number of para-hydroxylation sites is 1. The third-order valence-electron chi connectivity index (χ3n) is 5.72. The molecule has 1 amide bonds. The number of amides is 1. The minimum Gasteiger partial charge on any atom is -0.487 e. The molecule has 138 valence electrons. The van der Waals surface area contributed by atoms with Gasteiger partial charge in [0, 0.05) is 26.6 Å². The van der Waals surface area contributed by atoms with Gasteiger partial charge in [-0.15, -0.1) is 0 Å². The molecule has 0 N–H and O–H groups in total. The van der Waals surface area contributed by atoms with Crippen LogP contribution in [0.25, 0.3) is 0 Å². The Labute approximate surface area is 153 Å². The van der Waals surface area contributed by atoms with E-state index in [9.17, 15) is 18.5 Å². The van der Waals surface area contributed by atoms with Gasteiger partial charge in [0.25, 0.3) is 0 Å². The molecular weight excluding hydrogens is 354 g/mol. The molecular formula is C18H21N3O4S. The third kappa shape index (κ3) is 2.58. The van der Waals surface area contributed by atoms with Crippen molar-refractivity contribution in [1.29, 1.82) is 5.26 Å². The van der Waals surface area contributed by atoms with E-state index < -0.39 is 15.4 Å². The molecule has 2 fully saturated rings. The van der Waals surface area contributed by atoms with Crippen LogP contribution in [0, 0.1) is 16.7 Å². The van der Waals surface area contributed by atoms with E-state index >= 15 is 0 Å². The predicted molar refractivity (Wildman–Crippen MR) is 92.7 cm³/mol. The zero-order valence-corrected chi connectivity index (χ0v) is 15.4. The van der Waals surface area contributed by atoms with Gasteiger partial charge in [-0.05, 0) is 31.4 Å². The van der Waals surface area contributed by atoms with Crippen LogP contribution in [0.15, 0.2) is 29.2 Å². The van der Waals surface area contributed by atoms with Crippen LogP contribution in [0.3, 0.4) is 0 Å². The number of carbonyl (C=O) groups excluding carboxylic acids is 1. The molecule has 1 aliphatic carbocycles. The molecule has 1 saturated heterocycles. The van der Waals surface area contributed by atoms with Gasteiger partial charge in [0.1, 0.15) is 22.2 Å². The number of likely N-dealkylation sites (N-methyl/N-ethyl adjacent to an activating group) is 1. The number of benzene rings is 1. The minimum atomic E-state index is -3.65. The molecule has 1 aromatic rings. The van der Waals surface area contributed by atoms with Gasteiger partial charge in [0.05, 0.1) is 12.1 Å². The number of fused-ring (bicyclic) bond motifs is 2. The van der Waals surface area contributed by atoms with Crippen molar-refractivity contribution in [3.63, 3.8) is 0 Å². The molecule has 4 rings (SSSR count). The van der Waals surface area contributed by atoms with Crippen molar-refractivity contribution in [2.75, 3.05) is 20.1 Å². The van der Waals surface area contributed by atoms with Crippen molar-refractivity contribution in [2.45, 2.75) is 42.7 Å². The number of nitrogens with zero attached hydrogens (tertiary/aromatic N) is 3. The van der Waals surface area contributed by atoms with Gasteiger partial charge in [0.2, 0.25) is 15.9 Å². The van der Waals surface area contributed by atoms with Gasteiger partial charge >= 0.3 is 0 Å². The summed E-state index contributed by atoms with van der Waals surface area (Å²) in [7, 11) is -2.07. The largest absolute Gasteiger partial charge is 0.487 e. The van der Waals surface area contributed by atoms with E-state index in [0.717, 1.165) is 0 Å². The van der Waals surface area contributed by atoms with Gasteiger partial charge in [-0.2, -0.15) is 9.57 Å². The molecule has 0 spiro atoms. The highest BCUT2D eigenvalue weighted by molar-refractivity contribution is 7.89. The smallest absolute Gasteiger partial charge is 0.246 e. The van der Waals surface area contributed by atoms with E-state index in [1.165, 1.54) is 4.31 Å². The third-order valence-corrected chi connectivity index (χ3v) is 7.64. The Hall–Kier alpha value is -2.11. The van der Waals surface area contributed by atoms with Gasteiger partial charge in [0.15, 0.2) is 0 Å². The molecule has 0 unspecified atom stereocenters. The Morgan fingerprint density at radius 2 is 1.96 bits per heavy atom. The summed E-state index contributed by atoms with van der Waals surface area (Å²) in [4.78, 5) is 14.6. The number of nitriles is 1. The summed E-state index contributed by atoms with van der Waals surface area (Å²) in [6, 6.07) is 8.48. The first kappa shape index (κ1) is 17.3. The molecule has 0 radical (unpaired) electrons. The molecule has 2 heterocycles. The summed E-state index contributed by atoms with van der Waals surface area (Å²) in [6.07, 6.45) is 1.93. The van der Waals surface area contributed by atoms with E-state index in [2.05, 4.69) is 6.07 Å². The van der Waals surface area contributed by atoms with Crippen LogP contribution in [0.4, 0.5) is 0 Å². The summed E-state index contributed by atoms with van der Waals surface area (Å²) in [5.41, 5.74) is -0.849. The molecule has 0 bridgehead atoms. The molecule has 26 heavy (non-hydrogen) atoms. The molecule has 2 atom stereocenters. The quantitative estimate of drug-likeness (QED) is 0.739. The molecule has 1 aromatic carbocycles. The van der Waals surface area contributed by atoms with Crippen LogP contribution < -0.4 is 4.74 Å². The Bertz CT molecular complexity index is 888. The topological polar surface area (TPSA) is 90.7 Å². The SMILES string of the molecule is CN1[C@@H]2CCN(C(=O)C3(C#N)CC3)CC[C@H]2Oc2ccccc2S1(=O)=O. The first-order valence-corrected chi connectivity index (χ1v) is 10.3. The van der Waals surface area contributed by atoms with Crippen molar-refractivity contribution in [3.8, 4) is 11.8 Å². The van der Waals surface area contributed by atoms with E-state index in [1.807, 2.05) is 0 Å². The monoisotopic (exact) mass is 375 g/mol. The second-order valence-corrected chi connectivity index (χ2v) is 9.22. The van der Waals surface area contributed by atoms with Crippen molar-refractivity contribution in [2.24, 2.45) is 5.41 Å². The lowest BCUT2D eigenvalue weighted by Crippen LogP contribution is -2.44. The molecule has 0 aromatic heterocycles. The summed E-state index contributed by atoms with van der Waals surface area (Å²) >= 11 is 0. The van der Waals surface area contributed by atoms with Gasteiger partial charge < -0.3 is 9.64 Å². The highest BCUT2D eigenvalue weighted by Gasteiger charge is 2.53. The number of sulfonamides is 1. The van der Waals surface area contributed by atoms with Crippen molar-refractivity contribution < 1.29 is 17.9 Å². The van der Waals surface area contributed by atoms with E-state index in [-0.39, 0.29) is 22.9 Å². The average molecular weight is 375 g/mol. The predicted octanol–water partition coefficient (Wildman–Crippen LogP) is 1.36. The summed E-state index contributed by atoms with van der Waals surface area (Å²) in [6.45, 7) is 0.905. The van der Waals surface area contributed by atoms with E-state index in [0.29, 0.717) is 44.5 Å². The highest BCUT2D eigenvalue weighted by Crippen LogP contribution is 2.47. The number of hydrogen-bond acceptors (Lipinski definition) is 5. The Kier molecular flexibility index (Phi) is 3.97. The lowest BCUT2D eigenvalue weighted by Gasteiger charge is -2.28. The Morgan fingerprint density at radius 3 is 2.65 bits per heavy atom.